The Morgan fingerprint density at radius 3 is 2.52 bits per heavy atom. The highest BCUT2D eigenvalue weighted by Gasteiger charge is 2.24. The molecule has 1 atom stereocenters. The highest BCUT2D eigenvalue weighted by molar-refractivity contribution is 6.03. The highest BCUT2D eigenvalue weighted by Crippen LogP contribution is 2.25. The largest absolute Gasteiger partial charge is 0.326 e. The molecule has 0 aliphatic carbocycles. The number of rotatable bonds is 2. The zero-order valence-corrected chi connectivity index (χ0v) is 15.5. The molecular formula is C21H21N5O. The van der Waals surface area contributed by atoms with E-state index in [-0.39, 0.29) is 5.56 Å². The van der Waals surface area contributed by atoms with Crippen LogP contribution in [0.3, 0.4) is 0 Å². The number of aryl methyl sites for hydroxylation is 3. The summed E-state index contributed by atoms with van der Waals surface area (Å²) in [5.41, 5.74) is 4.81. The molecule has 6 nitrogen and oxygen atoms in total. The third-order valence-electron chi connectivity index (χ3n) is 4.67. The van der Waals surface area contributed by atoms with Crippen LogP contribution in [0.1, 0.15) is 28.6 Å². The first-order chi connectivity index (χ1) is 13.0. The second-order valence-electron chi connectivity index (χ2n) is 6.74. The molecule has 2 heterocycles. The fourth-order valence-corrected chi connectivity index (χ4v) is 3.12. The normalized spacial score (nSPS) is 15.5. The fourth-order valence-electron chi connectivity index (χ4n) is 3.12. The van der Waals surface area contributed by atoms with Crippen LogP contribution in [0.25, 0.3) is 0 Å². The molecule has 1 aliphatic heterocycles. The SMILES string of the molecule is Cc1cc(=O)n2c(n1)NC(Nc1ccc(C)c(C)c1)=NC2c1ccccc1. The minimum Gasteiger partial charge on any atom is -0.326 e. The van der Waals surface area contributed by atoms with E-state index < -0.39 is 6.17 Å². The van der Waals surface area contributed by atoms with Gasteiger partial charge in [0.2, 0.25) is 11.9 Å². The number of anilines is 2. The van der Waals surface area contributed by atoms with Crippen LogP contribution in [0.4, 0.5) is 11.6 Å². The molecule has 6 heteroatoms. The molecule has 1 unspecified atom stereocenters. The minimum atomic E-state index is -0.475. The number of aliphatic imine (C=N–C) groups is 1. The van der Waals surface area contributed by atoms with Gasteiger partial charge in [-0.3, -0.25) is 14.7 Å². The summed E-state index contributed by atoms with van der Waals surface area (Å²) < 4.78 is 1.58. The van der Waals surface area contributed by atoms with E-state index in [0.717, 1.165) is 11.3 Å². The number of guanidine groups is 1. The summed E-state index contributed by atoms with van der Waals surface area (Å²) in [6.07, 6.45) is -0.475. The van der Waals surface area contributed by atoms with Gasteiger partial charge >= 0.3 is 0 Å². The predicted octanol–water partition coefficient (Wildman–Crippen LogP) is 3.61. The standard InChI is InChI=1S/C21H21N5O/c1-13-9-10-17(11-14(13)2)23-20-24-19(16-7-5-4-6-8-16)26-18(27)12-15(3)22-21(26)25-20/h4-12,19H,1-3H3,(H2,22,23,24,25). The molecule has 0 amide bonds. The Morgan fingerprint density at radius 1 is 1.00 bits per heavy atom. The number of nitrogens with zero attached hydrogens (tertiary/aromatic N) is 3. The van der Waals surface area contributed by atoms with Gasteiger partial charge < -0.3 is 5.32 Å². The molecule has 0 saturated carbocycles. The first-order valence-corrected chi connectivity index (χ1v) is 8.85. The van der Waals surface area contributed by atoms with Crippen molar-refractivity contribution in [3.05, 3.63) is 87.3 Å². The quantitative estimate of drug-likeness (QED) is 0.733. The fraction of sp³-hybridized carbons (Fsp3) is 0.190. The first kappa shape index (κ1) is 17.0. The van der Waals surface area contributed by atoms with Gasteiger partial charge in [0.05, 0.1) is 0 Å². The number of nitrogens with one attached hydrogen (secondary N) is 2. The summed E-state index contributed by atoms with van der Waals surface area (Å²) in [6.45, 7) is 5.96. The maximum atomic E-state index is 12.6. The lowest BCUT2D eigenvalue weighted by atomic mass is 10.1. The van der Waals surface area contributed by atoms with E-state index in [2.05, 4.69) is 41.6 Å². The van der Waals surface area contributed by atoms with Crippen molar-refractivity contribution in [1.82, 2.24) is 9.55 Å². The van der Waals surface area contributed by atoms with Crippen LogP contribution in [0.2, 0.25) is 0 Å². The number of benzene rings is 2. The van der Waals surface area contributed by atoms with E-state index in [0.29, 0.717) is 17.6 Å². The van der Waals surface area contributed by atoms with Gasteiger partial charge in [-0.1, -0.05) is 36.4 Å². The molecule has 2 N–H and O–H groups in total. The highest BCUT2D eigenvalue weighted by atomic mass is 16.1. The van der Waals surface area contributed by atoms with Crippen LogP contribution in [0.5, 0.6) is 0 Å². The molecule has 1 aromatic heterocycles. The minimum absolute atomic E-state index is 0.132. The molecule has 0 radical (unpaired) electrons. The number of hydrogen-bond donors (Lipinski definition) is 2. The molecule has 3 aromatic rings. The Hall–Kier alpha value is -3.41. The van der Waals surface area contributed by atoms with Crippen molar-refractivity contribution in [3.63, 3.8) is 0 Å². The van der Waals surface area contributed by atoms with E-state index in [1.165, 1.54) is 17.2 Å². The van der Waals surface area contributed by atoms with E-state index in [1.807, 2.05) is 43.3 Å². The van der Waals surface area contributed by atoms with Crippen LogP contribution in [-0.4, -0.2) is 15.5 Å². The molecule has 4 rings (SSSR count). The van der Waals surface area contributed by atoms with Crippen molar-refractivity contribution < 1.29 is 0 Å². The van der Waals surface area contributed by atoms with Crippen molar-refractivity contribution in [2.45, 2.75) is 26.9 Å². The lowest BCUT2D eigenvalue weighted by Crippen LogP contribution is -2.37. The van der Waals surface area contributed by atoms with Crippen molar-refractivity contribution in [2.75, 3.05) is 10.6 Å². The van der Waals surface area contributed by atoms with Crippen molar-refractivity contribution >= 4 is 17.6 Å². The van der Waals surface area contributed by atoms with Crippen LogP contribution in [0.15, 0.2) is 64.4 Å². The van der Waals surface area contributed by atoms with Gasteiger partial charge in [0.25, 0.3) is 5.56 Å². The summed E-state index contributed by atoms with van der Waals surface area (Å²) in [4.78, 5) is 21.9. The third kappa shape index (κ3) is 3.33. The van der Waals surface area contributed by atoms with Gasteiger partial charge in [0, 0.05) is 17.4 Å². The predicted molar refractivity (Wildman–Crippen MR) is 108 cm³/mol. The van der Waals surface area contributed by atoms with Gasteiger partial charge in [-0.05, 0) is 49.6 Å². The van der Waals surface area contributed by atoms with Gasteiger partial charge in [0.15, 0.2) is 6.17 Å². The number of aromatic nitrogens is 2. The second kappa shape index (κ2) is 6.72. The maximum Gasteiger partial charge on any atom is 0.257 e. The zero-order valence-electron chi connectivity index (χ0n) is 15.5. The second-order valence-corrected chi connectivity index (χ2v) is 6.74. The van der Waals surface area contributed by atoms with Gasteiger partial charge in [-0.15, -0.1) is 0 Å². The maximum absolute atomic E-state index is 12.6. The third-order valence-corrected chi connectivity index (χ3v) is 4.67. The molecule has 1 aliphatic rings. The van der Waals surface area contributed by atoms with Crippen molar-refractivity contribution in [2.24, 2.45) is 4.99 Å². The van der Waals surface area contributed by atoms with Crippen LogP contribution >= 0.6 is 0 Å². The first-order valence-electron chi connectivity index (χ1n) is 8.85. The molecule has 0 saturated heterocycles. The Balaban J connectivity index is 1.78. The zero-order chi connectivity index (χ0) is 19.0. The van der Waals surface area contributed by atoms with E-state index >= 15 is 0 Å². The Kier molecular flexibility index (Phi) is 4.24. The Bertz CT molecular complexity index is 1090. The molecular weight excluding hydrogens is 338 g/mol. The summed E-state index contributed by atoms with van der Waals surface area (Å²) in [5, 5.41) is 6.46. The van der Waals surface area contributed by atoms with Gasteiger partial charge in [-0.25, -0.2) is 9.98 Å². The molecule has 136 valence electrons. The molecule has 0 bridgehead atoms. The topological polar surface area (TPSA) is 71.3 Å². The van der Waals surface area contributed by atoms with Crippen LogP contribution < -0.4 is 16.2 Å². The van der Waals surface area contributed by atoms with Crippen molar-refractivity contribution in [3.8, 4) is 0 Å². The summed E-state index contributed by atoms with van der Waals surface area (Å²) in [6, 6.07) is 17.4. The number of hydrogen-bond acceptors (Lipinski definition) is 5. The van der Waals surface area contributed by atoms with E-state index in [4.69, 9.17) is 4.99 Å². The molecule has 27 heavy (non-hydrogen) atoms. The molecule has 0 fully saturated rings. The average molecular weight is 359 g/mol. The lowest BCUT2D eigenvalue weighted by Gasteiger charge is -2.27. The monoisotopic (exact) mass is 359 g/mol. The number of fused-ring (bicyclic) bond motifs is 1. The molecule has 0 spiro atoms. The van der Waals surface area contributed by atoms with E-state index in [1.54, 1.807) is 4.57 Å². The van der Waals surface area contributed by atoms with Crippen LogP contribution in [0, 0.1) is 20.8 Å². The van der Waals surface area contributed by atoms with Crippen LogP contribution in [-0.2, 0) is 0 Å². The summed E-state index contributed by atoms with van der Waals surface area (Å²) in [5.74, 6) is 1.04. The summed E-state index contributed by atoms with van der Waals surface area (Å²) >= 11 is 0. The molecule has 2 aromatic carbocycles. The Morgan fingerprint density at radius 2 is 1.78 bits per heavy atom. The van der Waals surface area contributed by atoms with Gasteiger partial charge in [-0.2, -0.15) is 0 Å². The van der Waals surface area contributed by atoms with Crippen molar-refractivity contribution in [1.29, 1.82) is 0 Å². The smallest absolute Gasteiger partial charge is 0.257 e. The van der Waals surface area contributed by atoms with Gasteiger partial charge in [0.1, 0.15) is 0 Å². The lowest BCUT2D eigenvalue weighted by molar-refractivity contribution is 0.577. The summed E-state index contributed by atoms with van der Waals surface area (Å²) in [7, 11) is 0. The average Bonchev–Trinajstić information content (AvgIpc) is 2.64. The Labute approximate surface area is 157 Å². The van der Waals surface area contributed by atoms with E-state index in [9.17, 15) is 4.79 Å².